The normalized spacial score (nSPS) is 24.5. The number of hydrogen-bond donors (Lipinski definition) is 1. The van der Waals surface area contributed by atoms with Gasteiger partial charge in [-0.1, -0.05) is 0 Å². The summed E-state index contributed by atoms with van der Waals surface area (Å²) >= 11 is 0. The van der Waals surface area contributed by atoms with Crippen molar-refractivity contribution in [3.05, 3.63) is 0 Å². The second kappa shape index (κ2) is 7.70. The fourth-order valence-electron chi connectivity index (χ4n) is 2.82. The van der Waals surface area contributed by atoms with E-state index in [1.165, 1.54) is 7.11 Å². The van der Waals surface area contributed by atoms with Crippen LogP contribution >= 0.6 is 12.4 Å². The van der Waals surface area contributed by atoms with E-state index in [4.69, 9.17) is 4.74 Å². The highest BCUT2D eigenvalue weighted by Gasteiger charge is 2.31. The Morgan fingerprint density at radius 3 is 2.37 bits per heavy atom. The van der Waals surface area contributed by atoms with Crippen molar-refractivity contribution in [3.63, 3.8) is 0 Å². The molecule has 0 radical (unpaired) electrons. The lowest BCUT2D eigenvalue weighted by molar-refractivity contribution is -0.149. The van der Waals surface area contributed by atoms with E-state index in [0.29, 0.717) is 13.1 Å². The minimum Gasteiger partial charge on any atom is -0.469 e. The largest absolute Gasteiger partial charge is 0.469 e. The van der Waals surface area contributed by atoms with Crippen molar-refractivity contribution in [2.75, 3.05) is 33.3 Å². The lowest BCUT2D eigenvalue weighted by Crippen LogP contribution is -2.46. The van der Waals surface area contributed by atoms with E-state index in [2.05, 4.69) is 5.32 Å². The van der Waals surface area contributed by atoms with Crippen LogP contribution in [0.4, 0.5) is 0 Å². The average Bonchev–Trinajstić information content (AvgIpc) is 2.47. The number of likely N-dealkylation sites (tertiary alicyclic amines) is 1. The van der Waals surface area contributed by atoms with Crippen LogP contribution in [-0.4, -0.2) is 50.1 Å². The Morgan fingerprint density at radius 1 is 1.16 bits per heavy atom. The highest BCUT2D eigenvalue weighted by molar-refractivity contribution is 5.85. The summed E-state index contributed by atoms with van der Waals surface area (Å²) in [6.07, 6.45) is 3.54. The first-order valence-corrected chi connectivity index (χ1v) is 6.79. The number of carbonyl (C=O) groups is 2. The van der Waals surface area contributed by atoms with Crippen LogP contribution in [0.5, 0.6) is 0 Å². The molecule has 2 saturated heterocycles. The number of rotatable bonds is 2. The molecule has 2 fully saturated rings. The second-order valence-corrected chi connectivity index (χ2v) is 5.17. The van der Waals surface area contributed by atoms with Crippen molar-refractivity contribution in [3.8, 4) is 0 Å². The molecule has 5 nitrogen and oxygen atoms in total. The molecule has 2 aliphatic heterocycles. The number of nitrogens with one attached hydrogen (secondary N) is 1. The molecule has 0 spiro atoms. The summed E-state index contributed by atoms with van der Waals surface area (Å²) in [7, 11) is 1.42. The number of halogens is 1. The molecule has 19 heavy (non-hydrogen) atoms. The fraction of sp³-hybridized carbons (Fsp3) is 0.846. The number of esters is 1. The number of hydrogen-bond acceptors (Lipinski definition) is 4. The minimum atomic E-state index is -0.138. The maximum atomic E-state index is 12.3. The zero-order chi connectivity index (χ0) is 13.0. The Bertz CT molecular complexity index is 311. The molecule has 0 saturated carbocycles. The highest BCUT2D eigenvalue weighted by atomic mass is 35.5. The maximum absolute atomic E-state index is 12.3. The zero-order valence-electron chi connectivity index (χ0n) is 11.4. The van der Waals surface area contributed by atoms with Crippen molar-refractivity contribution in [2.45, 2.75) is 25.7 Å². The molecule has 0 unspecified atom stereocenters. The Kier molecular flexibility index (Phi) is 6.58. The molecule has 0 aliphatic carbocycles. The van der Waals surface area contributed by atoms with Gasteiger partial charge < -0.3 is 15.0 Å². The van der Waals surface area contributed by atoms with E-state index in [1.54, 1.807) is 0 Å². The maximum Gasteiger partial charge on any atom is 0.308 e. The zero-order valence-corrected chi connectivity index (χ0v) is 12.2. The first-order valence-electron chi connectivity index (χ1n) is 6.79. The van der Waals surface area contributed by atoms with Gasteiger partial charge in [-0.05, 0) is 32.2 Å². The number of carbonyl (C=O) groups excluding carboxylic acids is 2. The van der Waals surface area contributed by atoms with E-state index < -0.39 is 0 Å². The van der Waals surface area contributed by atoms with Gasteiger partial charge in [0, 0.05) is 19.6 Å². The molecule has 1 N–H and O–H groups in total. The van der Waals surface area contributed by atoms with E-state index in [1.807, 2.05) is 4.90 Å². The molecular weight excluding hydrogens is 268 g/mol. The van der Waals surface area contributed by atoms with E-state index >= 15 is 0 Å². The van der Waals surface area contributed by atoms with Crippen LogP contribution in [0.2, 0.25) is 0 Å². The van der Waals surface area contributed by atoms with E-state index in [0.717, 1.165) is 38.8 Å². The molecule has 110 valence electrons. The molecule has 0 aromatic carbocycles. The highest BCUT2D eigenvalue weighted by Crippen LogP contribution is 2.21. The van der Waals surface area contributed by atoms with Crippen molar-refractivity contribution in [2.24, 2.45) is 11.8 Å². The summed E-state index contributed by atoms with van der Waals surface area (Å²) in [6.45, 7) is 3.20. The van der Waals surface area contributed by atoms with Crippen LogP contribution in [0.25, 0.3) is 0 Å². The molecule has 1 amide bonds. The smallest absolute Gasteiger partial charge is 0.308 e. The van der Waals surface area contributed by atoms with Crippen molar-refractivity contribution < 1.29 is 14.3 Å². The van der Waals surface area contributed by atoms with E-state index in [-0.39, 0.29) is 36.1 Å². The molecule has 0 bridgehead atoms. The molecule has 6 heteroatoms. The first-order chi connectivity index (χ1) is 8.72. The van der Waals surface area contributed by atoms with Gasteiger partial charge in [0.25, 0.3) is 0 Å². The van der Waals surface area contributed by atoms with Gasteiger partial charge in [-0.2, -0.15) is 0 Å². The summed E-state index contributed by atoms with van der Waals surface area (Å²) in [5, 5.41) is 3.27. The molecule has 2 aliphatic rings. The second-order valence-electron chi connectivity index (χ2n) is 5.17. The Hall–Kier alpha value is -0.810. The van der Waals surface area contributed by atoms with Gasteiger partial charge in [-0.25, -0.2) is 0 Å². The van der Waals surface area contributed by atoms with Gasteiger partial charge in [-0.3, -0.25) is 9.59 Å². The molecule has 2 heterocycles. The third-order valence-corrected chi connectivity index (χ3v) is 3.99. The molecular formula is C13H23ClN2O3. The number of ether oxygens (including phenoxy) is 1. The minimum absolute atomic E-state index is 0. The number of amides is 1. The van der Waals surface area contributed by atoms with Crippen LogP contribution in [-0.2, 0) is 14.3 Å². The van der Waals surface area contributed by atoms with E-state index in [9.17, 15) is 9.59 Å². The van der Waals surface area contributed by atoms with Crippen LogP contribution in [0.1, 0.15) is 25.7 Å². The van der Waals surface area contributed by atoms with Gasteiger partial charge in [0.2, 0.25) is 5.91 Å². The van der Waals surface area contributed by atoms with Crippen LogP contribution in [0, 0.1) is 11.8 Å². The first kappa shape index (κ1) is 16.2. The molecule has 2 rings (SSSR count). The van der Waals surface area contributed by atoms with Crippen molar-refractivity contribution in [1.29, 1.82) is 0 Å². The number of piperidine rings is 2. The topological polar surface area (TPSA) is 58.6 Å². The van der Waals surface area contributed by atoms with Crippen molar-refractivity contribution in [1.82, 2.24) is 10.2 Å². The third-order valence-electron chi connectivity index (χ3n) is 3.99. The molecule has 0 aromatic rings. The quantitative estimate of drug-likeness (QED) is 0.765. The Balaban J connectivity index is 0.00000180. The summed E-state index contributed by atoms with van der Waals surface area (Å²) < 4.78 is 4.75. The number of nitrogens with zero attached hydrogens (tertiary/aromatic N) is 1. The monoisotopic (exact) mass is 290 g/mol. The summed E-state index contributed by atoms with van der Waals surface area (Å²) in [6, 6.07) is 0. The lowest BCUT2D eigenvalue weighted by Gasteiger charge is -2.34. The fourth-order valence-corrected chi connectivity index (χ4v) is 2.82. The molecule has 0 aromatic heterocycles. The van der Waals surface area contributed by atoms with Gasteiger partial charge in [-0.15, -0.1) is 12.4 Å². The van der Waals surface area contributed by atoms with Gasteiger partial charge >= 0.3 is 5.97 Å². The van der Waals surface area contributed by atoms with Gasteiger partial charge in [0.15, 0.2) is 0 Å². The SMILES string of the molecule is COC(=O)C1CCN(C(=O)[C@@H]2CCCNC2)CC1.Cl. The number of methoxy groups -OCH3 is 1. The van der Waals surface area contributed by atoms with Crippen molar-refractivity contribution >= 4 is 24.3 Å². The third kappa shape index (κ3) is 4.08. The van der Waals surface area contributed by atoms with Crippen LogP contribution < -0.4 is 5.32 Å². The van der Waals surface area contributed by atoms with Gasteiger partial charge in [0.05, 0.1) is 18.9 Å². The Morgan fingerprint density at radius 2 is 1.84 bits per heavy atom. The average molecular weight is 291 g/mol. The lowest BCUT2D eigenvalue weighted by atomic mass is 9.93. The predicted molar refractivity (Wildman–Crippen MR) is 74.2 cm³/mol. The van der Waals surface area contributed by atoms with Crippen LogP contribution in [0.15, 0.2) is 0 Å². The van der Waals surface area contributed by atoms with Gasteiger partial charge in [0.1, 0.15) is 0 Å². The molecule has 1 atom stereocenters. The van der Waals surface area contributed by atoms with Crippen LogP contribution in [0.3, 0.4) is 0 Å². The Labute approximate surface area is 120 Å². The summed E-state index contributed by atoms with van der Waals surface area (Å²) in [5.74, 6) is 0.226. The summed E-state index contributed by atoms with van der Waals surface area (Å²) in [4.78, 5) is 25.6. The standard InChI is InChI=1S/C13H22N2O3.ClH/c1-18-13(17)10-4-7-15(8-5-10)12(16)11-3-2-6-14-9-11;/h10-11,14H,2-9H2,1H3;1H/t11-;/m1./s1. The predicted octanol–water partition coefficient (Wildman–Crippen LogP) is 0.819. The summed E-state index contributed by atoms with van der Waals surface area (Å²) in [5.41, 5.74) is 0.